The van der Waals surface area contributed by atoms with Crippen LogP contribution >= 0.6 is 11.6 Å². The Hall–Kier alpha value is -1.26. The molecule has 2 heterocycles. The van der Waals surface area contributed by atoms with Crippen LogP contribution in [-0.4, -0.2) is 22.9 Å². The van der Waals surface area contributed by atoms with Crippen molar-refractivity contribution in [1.29, 1.82) is 0 Å². The van der Waals surface area contributed by atoms with Gasteiger partial charge in [-0.2, -0.15) is 5.10 Å². The number of nitrogens with zero attached hydrogens (tertiary/aromatic N) is 2. The highest BCUT2D eigenvalue weighted by atomic mass is 35.5. The zero-order chi connectivity index (χ0) is 14.5. The maximum absolute atomic E-state index is 6.40. The molecule has 1 N–H and O–H groups in total. The number of rotatable bonds is 7. The second-order valence-corrected chi connectivity index (χ2v) is 5.37. The van der Waals surface area contributed by atoms with Crippen LogP contribution in [0.25, 0.3) is 0 Å². The first-order chi connectivity index (χ1) is 9.65. The third-order valence-corrected chi connectivity index (χ3v) is 4.11. The first-order valence-electron chi connectivity index (χ1n) is 7.05. The molecule has 110 valence electrons. The smallest absolute Gasteiger partial charge is 0.103 e. The Bertz CT molecular complexity index is 534. The summed E-state index contributed by atoms with van der Waals surface area (Å²) in [7, 11) is 3.94. The van der Waals surface area contributed by atoms with Crippen molar-refractivity contribution in [1.82, 2.24) is 15.1 Å². The maximum atomic E-state index is 6.40. The zero-order valence-electron chi connectivity index (χ0n) is 12.3. The molecule has 1 atom stereocenters. The van der Waals surface area contributed by atoms with Crippen LogP contribution in [0.2, 0.25) is 5.02 Å². The predicted molar refractivity (Wildman–Crippen MR) is 81.2 cm³/mol. The first kappa shape index (κ1) is 15.1. The van der Waals surface area contributed by atoms with Crippen molar-refractivity contribution in [2.24, 2.45) is 7.05 Å². The summed E-state index contributed by atoms with van der Waals surface area (Å²) in [4.78, 5) is 0. The van der Waals surface area contributed by atoms with Crippen molar-refractivity contribution in [3.63, 3.8) is 0 Å². The van der Waals surface area contributed by atoms with E-state index in [2.05, 4.69) is 17.3 Å². The van der Waals surface area contributed by atoms with Crippen molar-refractivity contribution in [3.8, 4) is 0 Å². The number of aromatic nitrogens is 2. The molecule has 0 amide bonds. The largest absolute Gasteiger partial charge is 0.469 e. The van der Waals surface area contributed by atoms with Crippen molar-refractivity contribution >= 4 is 11.6 Å². The fraction of sp³-hybridized carbons (Fsp3) is 0.533. The van der Waals surface area contributed by atoms with E-state index in [0.29, 0.717) is 6.04 Å². The van der Waals surface area contributed by atoms with E-state index in [-0.39, 0.29) is 0 Å². The molecular weight excluding hydrogens is 274 g/mol. The minimum absolute atomic E-state index is 0.359. The molecule has 0 fully saturated rings. The summed E-state index contributed by atoms with van der Waals surface area (Å²) in [5.74, 6) is 1.02. The van der Waals surface area contributed by atoms with Crippen LogP contribution < -0.4 is 5.32 Å². The molecule has 0 saturated heterocycles. The van der Waals surface area contributed by atoms with E-state index in [0.717, 1.165) is 47.9 Å². The molecular formula is C15H22ClN3O. The van der Waals surface area contributed by atoms with Gasteiger partial charge in [-0.15, -0.1) is 0 Å². The van der Waals surface area contributed by atoms with Crippen LogP contribution in [0.4, 0.5) is 0 Å². The lowest BCUT2D eigenvalue weighted by molar-refractivity contribution is 0.454. The Morgan fingerprint density at radius 1 is 1.50 bits per heavy atom. The summed E-state index contributed by atoms with van der Waals surface area (Å²) in [5, 5.41) is 8.63. The van der Waals surface area contributed by atoms with E-state index in [4.69, 9.17) is 16.0 Å². The summed E-state index contributed by atoms with van der Waals surface area (Å²) < 4.78 is 7.28. The summed E-state index contributed by atoms with van der Waals surface area (Å²) in [5.41, 5.74) is 2.08. The highest BCUT2D eigenvalue weighted by Gasteiger charge is 2.17. The first-order valence-corrected chi connectivity index (χ1v) is 7.43. The van der Waals surface area contributed by atoms with Crippen LogP contribution in [0.15, 0.2) is 22.8 Å². The average Bonchev–Trinajstić information content (AvgIpc) is 3.05. The Balaban J connectivity index is 2.00. The Kier molecular flexibility index (Phi) is 5.26. The van der Waals surface area contributed by atoms with Crippen LogP contribution in [0, 0.1) is 0 Å². The van der Waals surface area contributed by atoms with E-state index >= 15 is 0 Å². The highest BCUT2D eigenvalue weighted by molar-refractivity contribution is 6.31. The van der Waals surface area contributed by atoms with Crippen molar-refractivity contribution in [3.05, 3.63) is 40.6 Å². The van der Waals surface area contributed by atoms with E-state index in [1.165, 1.54) is 0 Å². The average molecular weight is 296 g/mol. The lowest BCUT2D eigenvalue weighted by atomic mass is 10.0. The predicted octanol–water partition coefficient (Wildman–Crippen LogP) is 2.99. The van der Waals surface area contributed by atoms with Gasteiger partial charge in [-0.25, -0.2) is 0 Å². The molecule has 20 heavy (non-hydrogen) atoms. The van der Waals surface area contributed by atoms with E-state index < -0.39 is 0 Å². The van der Waals surface area contributed by atoms with Gasteiger partial charge in [0.2, 0.25) is 0 Å². The van der Waals surface area contributed by atoms with Gasteiger partial charge >= 0.3 is 0 Å². The molecule has 2 aromatic heterocycles. The molecule has 2 rings (SSSR count). The molecule has 0 bridgehead atoms. The second kappa shape index (κ2) is 6.95. The van der Waals surface area contributed by atoms with Gasteiger partial charge in [0, 0.05) is 25.9 Å². The minimum Gasteiger partial charge on any atom is -0.469 e. The van der Waals surface area contributed by atoms with Crippen LogP contribution in [0.1, 0.15) is 30.5 Å². The quantitative estimate of drug-likeness (QED) is 0.854. The number of halogens is 1. The third kappa shape index (κ3) is 3.44. The molecule has 0 aliphatic carbocycles. The Morgan fingerprint density at radius 3 is 2.85 bits per heavy atom. The number of hydrogen-bond acceptors (Lipinski definition) is 3. The fourth-order valence-corrected chi connectivity index (χ4v) is 2.77. The molecule has 0 aliphatic heterocycles. The summed E-state index contributed by atoms with van der Waals surface area (Å²) in [6.07, 6.45) is 5.39. The monoisotopic (exact) mass is 295 g/mol. The van der Waals surface area contributed by atoms with Gasteiger partial charge in [-0.3, -0.25) is 4.68 Å². The lowest BCUT2D eigenvalue weighted by Gasteiger charge is -2.16. The Labute approximate surface area is 125 Å². The van der Waals surface area contributed by atoms with Crippen LogP contribution in [0.3, 0.4) is 0 Å². The van der Waals surface area contributed by atoms with E-state index in [1.807, 2.05) is 30.9 Å². The molecule has 0 saturated carbocycles. The molecule has 0 aromatic carbocycles. The van der Waals surface area contributed by atoms with Gasteiger partial charge in [-0.05, 0) is 32.0 Å². The maximum Gasteiger partial charge on any atom is 0.103 e. The third-order valence-electron chi connectivity index (χ3n) is 3.67. The van der Waals surface area contributed by atoms with Gasteiger partial charge in [0.15, 0.2) is 0 Å². The molecule has 0 aliphatic rings. The standard InChI is InChI=1S/C15H22ClN3O/c1-4-13-15(16)14(19(3)18-13)10-11(17-2)7-8-12-6-5-9-20-12/h5-6,9,11,17H,4,7-8,10H2,1-3H3. The van der Waals surface area contributed by atoms with Crippen LogP contribution in [-0.2, 0) is 26.3 Å². The summed E-state index contributed by atoms with van der Waals surface area (Å²) in [6, 6.07) is 4.30. The number of aryl methyl sites for hydroxylation is 3. The topological polar surface area (TPSA) is 43.0 Å². The Morgan fingerprint density at radius 2 is 2.30 bits per heavy atom. The normalized spacial score (nSPS) is 12.8. The zero-order valence-corrected chi connectivity index (χ0v) is 13.1. The molecule has 0 radical (unpaired) electrons. The summed E-state index contributed by atoms with van der Waals surface area (Å²) >= 11 is 6.40. The second-order valence-electron chi connectivity index (χ2n) is 4.99. The van der Waals surface area contributed by atoms with Gasteiger partial charge in [-0.1, -0.05) is 18.5 Å². The van der Waals surface area contributed by atoms with Gasteiger partial charge in [0.05, 0.1) is 22.7 Å². The van der Waals surface area contributed by atoms with Gasteiger partial charge in [0.25, 0.3) is 0 Å². The van der Waals surface area contributed by atoms with Crippen molar-refractivity contribution in [2.45, 2.75) is 38.6 Å². The number of furan rings is 1. The molecule has 5 heteroatoms. The summed E-state index contributed by atoms with van der Waals surface area (Å²) in [6.45, 7) is 2.07. The number of nitrogens with one attached hydrogen (secondary N) is 1. The number of hydrogen-bond donors (Lipinski definition) is 1. The van der Waals surface area contributed by atoms with E-state index in [9.17, 15) is 0 Å². The minimum atomic E-state index is 0.359. The SMILES string of the molecule is CCc1nn(C)c(CC(CCc2ccco2)NC)c1Cl. The van der Waals surface area contributed by atoms with Gasteiger partial charge < -0.3 is 9.73 Å². The van der Waals surface area contributed by atoms with Crippen molar-refractivity contribution < 1.29 is 4.42 Å². The highest BCUT2D eigenvalue weighted by Crippen LogP contribution is 2.23. The van der Waals surface area contributed by atoms with Gasteiger partial charge in [0.1, 0.15) is 5.76 Å². The van der Waals surface area contributed by atoms with Crippen LogP contribution in [0.5, 0.6) is 0 Å². The van der Waals surface area contributed by atoms with E-state index in [1.54, 1.807) is 6.26 Å². The lowest BCUT2D eigenvalue weighted by Crippen LogP contribution is -2.29. The van der Waals surface area contributed by atoms with Crippen molar-refractivity contribution in [2.75, 3.05) is 7.05 Å². The molecule has 2 aromatic rings. The molecule has 0 spiro atoms. The number of likely N-dealkylation sites (N-methyl/N-ethyl adjacent to an activating group) is 1. The molecule has 1 unspecified atom stereocenters. The fourth-order valence-electron chi connectivity index (χ4n) is 2.39. The molecule has 4 nitrogen and oxygen atoms in total.